The summed E-state index contributed by atoms with van der Waals surface area (Å²) in [6.45, 7) is 0. The average molecular weight is 290 g/mol. The molecule has 0 saturated carbocycles. The number of amides is 1. The van der Waals surface area contributed by atoms with E-state index in [1.807, 2.05) is 6.07 Å². The first-order valence-electron chi connectivity index (χ1n) is 6.19. The van der Waals surface area contributed by atoms with Crippen LogP contribution < -0.4 is 5.32 Å². The van der Waals surface area contributed by atoms with Gasteiger partial charge >= 0.3 is 11.9 Å². The van der Waals surface area contributed by atoms with Gasteiger partial charge < -0.3 is 20.1 Å². The quantitative estimate of drug-likeness (QED) is 0.709. The van der Waals surface area contributed by atoms with E-state index in [0.29, 0.717) is 10.9 Å². The first kappa shape index (κ1) is 14.6. The second kappa shape index (κ2) is 6.08. The molecule has 7 heteroatoms. The van der Waals surface area contributed by atoms with Gasteiger partial charge in [-0.15, -0.1) is 0 Å². The molecular weight excluding hydrogens is 276 g/mol. The van der Waals surface area contributed by atoms with Crippen molar-refractivity contribution in [1.82, 2.24) is 10.3 Å². The monoisotopic (exact) mass is 290 g/mol. The van der Waals surface area contributed by atoms with E-state index in [1.165, 1.54) is 6.20 Å². The summed E-state index contributed by atoms with van der Waals surface area (Å²) in [5.41, 5.74) is 1.09. The zero-order chi connectivity index (χ0) is 15.4. The fraction of sp³-hybridized carbons (Fsp3) is 0.214. The molecule has 0 saturated heterocycles. The van der Waals surface area contributed by atoms with Gasteiger partial charge in [-0.25, -0.2) is 4.79 Å². The zero-order valence-corrected chi connectivity index (χ0v) is 11.3. The Bertz CT molecular complexity index is 691. The molecule has 0 fully saturated rings. The second-order valence-electron chi connectivity index (χ2n) is 4.39. The molecule has 1 aromatic heterocycles. The third-order valence-corrected chi connectivity index (χ3v) is 3.04. The number of hydrogen-bond acceptors (Lipinski definition) is 4. The number of carboxylic acid groups (broad SMARTS) is 1. The van der Waals surface area contributed by atoms with Gasteiger partial charge in [-0.05, 0) is 6.07 Å². The fourth-order valence-corrected chi connectivity index (χ4v) is 1.95. The first-order chi connectivity index (χ1) is 10.0. The summed E-state index contributed by atoms with van der Waals surface area (Å²) in [4.78, 5) is 37.3. The number of hydrogen-bond donors (Lipinski definition) is 3. The number of esters is 1. The molecule has 0 radical (unpaired) electrons. The van der Waals surface area contributed by atoms with Gasteiger partial charge in [0.05, 0.1) is 19.1 Å². The van der Waals surface area contributed by atoms with Crippen LogP contribution in [0.25, 0.3) is 10.9 Å². The minimum atomic E-state index is -1.33. The van der Waals surface area contributed by atoms with E-state index in [2.05, 4.69) is 15.0 Å². The first-order valence-corrected chi connectivity index (χ1v) is 6.19. The van der Waals surface area contributed by atoms with Crippen molar-refractivity contribution in [3.63, 3.8) is 0 Å². The number of aromatic nitrogens is 1. The summed E-state index contributed by atoms with van der Waals surface area (Å²) in [7, 11) is 1.16. The molecule has 7 nitrogen and oxygen atoms in total. The van der Waals surface area contributed by atoms with Gasteiger partial charge in [0.25, 0.3) is 5.91 Å². The minimum Gasteiger partial charge on any atom is -0.480 e. The maximum absolute atomic E-state index is 12.2. The summed E-state index contributed by atoms with van der Waals surface area (Å²) in [5.74, 6) is -2.57. The average Bonchev–Trinajstić information content (AvgIpc) is 2.90. The Morgan fingerprint density at radius 2 is 2.05 bits per heavy atom. The highest BCUT2D eigenvalue weighted by molar-refractivity contribution is 6.07. The number of rotatable bonds is 5. The van der Waals surface area contributed by atoms with Crippen molar-refractivity contribution in [2.75, 3.05) is 7.11 Å². The van der Waals surface area contributed by atoms with Crippen LogP contribution in [0.3, 0.4) is 0 Å². The number of carboxylic acids is 1. The Morgan fingerprint density at radius 3 is 2.71 bits per heavy atom. The summed E-state index contributed by atoms with van der Waals surface area (Å²) < 4.78 is 4.41. The van der Waals surface area contributed by atoms with Crippen LogP contribution in [0.1, 0.15) is 16.8 Å². The number of ether oxygens (including phenoxy) is 1. The molecule has 21 heavy (non-hydrogen) atoms. The Kier molecular flexibility index (Phi) is 4.22. The summed E-state index contributed by atoms with van der Waals surface area (Å²) in [6, 6.07) is 5.80. The predicted octanol–water partition coefficient (Wildman–Crippen LogP) is 0.914. The van der Waals surface area contributed by atoms with Crippen molar-refractivity contribution < 1.29 is 24.2 Å². The highest BCUT2D eigenvalue weighted by atomic mass is 16.5. The molecule has 1 atom stereocenters. The molecule has 1 heterocycles. The summed E-state index contributed by atoms with van der Waals surface area (Å²) >= 11 is 0. The Morgan fingerprint density at radius 1 is 1.33 bits per heavy atom. The topological polar surface area (TPSA) is 108 Å². The fourth-order valence-electron chi connectivity index (χ4n) is 1.95. The molecule has 110 valence electrons. The standard InChI is InChI=1S/C14H14N2O5/c1-21-12(17)6-11(14(19)20)16-13(18)9-7-15-10-5-3-2-4-8(9)10/h2-5,7,11,15H,6H2,1H3,(H,16,18)(H,19,20)/t11-/m0/s1. The van der Waals surface area contributed by atoms with Gasteiger partial charge in [-0.1, -0.05) is 18.2 Å². The Hall–Kier alpha value is -2.83. The van der Waals surface area contributed by atoms with Gasteiger partial charge in [0.15, 0.2) is 0 Å². The number of aromatic amines is 1. The van der Waals surface area contributed by atoms with Crippen LogP contribution in [0.5, 0.6) is 0 Å². The molecule has 0 bridgehead atoms. The summed E-state index contributed by atoms with van der Waals surface area (Å²) in [6.07, 6.45) is 1.07. The van der Waals surface area contributed by atoms with Crippen LogP contribution >= 0.6 is 0 Å². The lowest BCUT2D eigenvalue weighted by molar-refractivity contribution is -0.147. The highest BCUT2D eigenvalue weighted by Crippen LogP contribution is 2.17. The number of nitrogens with one attached hydrogen (secondary N) is 2. The molecule has 0 aliphatic carbocycles. The van der Waals surface area contributed by atoms with Crippen molar-refractivity contribution in [1.29, 1.82) is 0 Å². The van der Waals surface area contributed by atoms with Crippen molar-refractivity contribution in [2.24, 2.45) is 0 Å². The van der Waals surface area contributed by atoms with Crippen LogP contribution in [0.15, 0.2) is 30.5 Å². The highest BCUT2D eigenvalue weighted by Gasteiger charge is 2.25. The molecular formula is C14H14N2O5. The molecule has 3 N–H and O–H groups in total. The van der Waals surface area contributed by atoms with Crippen molar-refractivity contribution in [3.8, 4) is 0 Å². The predicted molar refractivity (Wildman–Crippen MR) is 73.8 cm³/mol. The SMILES string of the molecule is COC(=O)C[C@H](NC(=O)c1c[nH]c2ccccc12)C(=O)O. The maximum Gasteiger partial charge on any atom is 0.326 e. The van der Waals surface area contributed by atoms with E-state index in [9.17, 15) is 14.4 Å². The normalized spacial score (nSPS) is 11.9. The Balaban J connectivity index is 2.19. The molecule has 0 unspecified atom stereocenters. The second-order valence-corrected chi connectivity index (χ2v) is 4.39. The van der Waals surface area contributed by atoms with Gasteiger partial charge in [0.2, 0.25) is 0 Å². The Labute approximate surface area is 119 Å². The van der Waals surface area contributed by atoms with Crippen LogP contribution in [-0.4, -0.2) is 41.1 Å². The van der Waals surface area contributed by atoms with E-state index < -0.39 is 30.3 Å². The van der Waals surface area contributed by atoms with Gasteiger partial charge in [-0.2, -0.15) is 0 Å². The number of carbonyl (C=O) groups is 3. The van der Waals surface area contributed by atoms with Crippen LogP contribution in [0.4, 0.5) is 0 Å². The largest absolute Gasteiger partial charge is 0.480 e. The van der Waals surface area contributed by atoms with Crippen LogP contribution in [0, 0.1) is 0 Å². The van der Waals surface area contributed by atoms with E-state index in [-0.39, 0.29) is 0 Å². The van der Waals surface area contributed by atoms with Crippen molar-refractivity contribution in [2.45, 2.75) is 12.5 Å². The molecule has 1 amide bonds. The zero-order valence-electron chi connectivity index (χ0n) is 11.3. The lowest BCUT2D eigenvalue weighted by Gasteiger charge is -2.12. The smallest absolute Gasteiger partial charge is 0.326 e. The molecule has 1 aromatic carbocycles. The summed E-state index contributed by atoms with van der Waals surface area (Å²) in [5, 5.41) is 12.0. The third-order valence-electron chi connectivity index (χ3n) is 3.04. The molecule has 2 rings (SSSR count). The number of methoxy groups -OCH3 is 1. The lowest BCUT2D eigenvalue weighted by atomic mass is 10.1. The number of benzene rings is 1. The third kappa shape index (κ3) is 3.19. The molecule has 0 aliphatic heterocycles. The van der Waals surface area contributed by atoms with E-state index >= 15 is 0 Å². The van der Waals surface area contributed by atoms with Gasteiger partial charge in [0.1, 0.15) is 6.04 Å². The van der Waals surface area contributed by atoms with E-state index in [1.54, 1.807) is 18.2 Å². The number of fused-ring (bicyclic) bond motifs is 1. The number of para-hydroxylation sites is 1. The van der Waals surface area contributed by atoms with Crippen LogP contribution in [0.2, 0.25) is 0 Å². The van der Waals surface area contributed by atoms with E-state index in [0.717, 1.165) is 12.6 Å². The molecule has 0 aliphatic rings. The maximum atomic E-state index is 12.2. The minimum absolute atomic E-state index is 0.321. The van der Waals surface area contributed by atoms with Crippen LogP contribution in [-0.2, 0) is 14.3 Å². The van der Waals surface area contributed by atoms with Crippen molar-refractivity contribution in [3.05, 3.63) is 36.0 Å². The molecule has 0 spiro atoms. The number of aliphatic carboxylic acids is 1. The molecule has 2 aromatic rings. The van der Waals surface area contributed by atoms with Crippen molar-refractivity contribution >= 4 is 28.7 Å². The number of carbonyl (C=O) groups excluding carboxylic acids is 2. The lowest BCUT2D eigenvalue weighted by Crippen LogP contribution is -2.42. The van der Waals surface area contributed by atoms with Gasteiger partial charge in [0, 0.05) is 17.1 Å². The van der Waals surface area contributed by atoms with E-state index in [4.69, 9.17) is 5.11 Å². The van der Waals surface area contributed by atoms with Gasteiger partial charge in [-0.3, -0.25) is 9.59 Å². The number of H-pyrrole nitrogens is 1.